The van der Waals surface area contributed by atoms with Gasteiger partial charge in [-0.15, -0.1) is 0 Å². The quantitative estimate of drug-likeness (QED) is 0.387. The molecule has 0 radical (unpaired) electrons. The van der Waals surface area contributed by atoms with Crippen LogP contribution in [0.4, 0.5) is 13.2 Å². The number of amides is 1. The van der Waals surface area contributed by atoms with Gasteiger partial charge in [-0.05, 0) is 66.2 Å². The van der Waals surface area contributed by atoms with Crippen LogP contribution in [-0.2, 0) is 9.59 Å². The number of carboxylic acids is 2. The number of carbonyl (C=O) groups excluding carboxylic acids is 1. The zero-order valence-corrected chi connectivity index (χ0v) is 21.0. The number of carbonyl (C=O) groups is 3. The van der Waals surface area contributed by atoms with Gasteiger partial charge >= 0.3 is 18.1 Å². The third-order valence-electron chi connectivity index (χ3n) is 6.49. The third kappa shape index (κ3) is 6.36. The van der Waals surface area contributed by atoms with Crippen LogP contribution in [0, 0.1) is 6.92 Å². The molecular formula is C28H26F3N3O5. The number of aromatic carboxylic acids is 1. The number of imidazole rings is 1. The van der Waals surface area contributed by atoms with E-state index in [2.05, 4.69) is 34.3 Å². The van der Waals surface area contributed by atoms with Crippen LogP contribution in [0.15, 0.2) is 54.1 Å². The van der Waals surface area contributed by atoms with Gasteiger partial charge in [0.2, 0.25) is 5.91 Å². The van der Waals surface area contributed by atoms with Crippen molar-refractivity contribution in [2.75, 3.05) is 13.1 Å². The number of aromatic nitrogens is 2. The average molecular weight is 542 g/mol. The fraction of sp³-hybridized carbons (Fsp3) is 0.286. The molecule has 2 aromatic carbocycles. The first-order valence-corrected chi connectivity index (χ1v) is 12.3. The summed E-state index contributed by atoms with van der Waals surface area (Å²) in [6.07, 6.45) is 3.01. The van der Waals surface area contributed by atoms with E-state index in [1.807, 2.05) is 30.0 Å². The van der Waals surface area contributed by atoms with Crippen molar-refractivity contribution < 1.29 is 37.8 Å². The van der Waals surface area contributed by atoms with Gasteiger partial charge in [0, 0.05) is 19.5 Å². The Morgan fingerprint density at radius 2 is 1.67 bits per heavy atom. The molecule has 204 valence electrons. The van der Waals surface area contributed by atoms with Crippen molar-refractivity contribution in [2.45, 2.75) is 38.8 Å². The summed E-state index contributed by atoms with van der Waals surface area (Å²) in [5.74, 6) is -2.81. The number of likely N-dealkylation sites (tertiary alicyclic amines) is 1. The summed E-state index contributed by atoms with van der Waals surface area (Å²) in [4.78, 5) is 42.2. The van der Waals surface area contributed by atoms with Crippen molar-refractivity contribution in [1.29, 1.82) is 0 Å². The summed E-state index contributed by atoms with van der Waals surface area (Å²) in [6, 6.07) is 11.8. The molecule has 2 heterocycles. The molecule has 0 spiro atoms. The molecule has 0 bridgehead atoms. The molecule has 0 saturated carbocycles. The van der Waals surface area contributed by atoms with Gasteiger partial charge in [0.25, 0.3) is 0 Å². The lowest BCUT2D eigenvalue weighted by molar-refractivity contribution is -0.192. The van der Waals surface area contributed by atoms with E-state index in [1.165, 1.54) is 11.1 Å². The Morgan fingerprint density at radius 1 is 1.03 bits per heavy atom. The molecule has 0 atom stereocenters. The van der Waals surface area contributed by atoms with Crippen molar-refractivity contribution in [3.05, 3.63) is 71.1 Å². The fourth-order valence-corrected chi connectivity index (χ4v) is 4.67. The highest BCUT2D eigenvalue weighted by atomic mass is 19.4. The molecule has 1 aliphatic carbocycles. The second-order valence-electron chi connectivity index (χ2n) is 9.27. The van der Waals surface area contributed by atoms with Gasteiger partial charge in [0.05, 0.1) is 11.1 Å². The molecule has 3 aromatic rings. The number of allylic oxidation sites excluding steroid dienone is 2. The molecule has 1 saturated heterocycles. The van der Waals surface area contributed by atoms with Gasteiger partial charge in [-0.1, -0.05) is 36.4 Å². The Labute approximate surface area is 221 Å². The highest BCUT2D eigenvalue weighted by Crippen LogP contribution is 2.32. The lowest BCUT2D eigenvalue weighted by atomic mass is 9.90. The normalized spacial score (nSPS) is 15.5. The van der Waals surface area contributed by atoms with Crippen LogP contribution < -0.4 is 0 Å². The van der Waals surface area contributed by atoms with E-state index < -0.39 is 18.1 Å². The second kappa shape index (κ2) is 11.1. The van der Waals surface area contributed by atoms with E-state index in [0.29, 0.717) is 24.3 Å². The number of nitrogens with zero attached hydrogens (tertiary/aromatic N) is 2. The second-order valence-corrected chi connectivity index (χ2v) is 9.27. The van der Waals surface area contributed by atoms with Gasteiger partial charge in [-0.25, -0.2) is 14.6 Å². The lowest BCUT2D eigenvalue weighted by Gasteiger charge is -2.23. The number of halogens is 3. The number of H-pyrrole nitrogens is 1. The van der Waals surface area contributed by atoms with Crippen molar-refractivity contribution in [2.24, 2.45) is 0 Å². The van der Waals surface area contributed by atoms with E-state index in [1.54, 1.807) is 6.07 Å². The molecule has 1 aliphatic heterocycles. The summed E-state index contributed by atoms with van der Waals surface area (Å²) in [6.45, 7) is 3.33. The minimum atomic E-state index is -5.08. The number of hydrogen-bond acceptors (Lipinski definition) is 4. The highest BCUT2D eigenvalue weighted by Gasteiger charge is 2.38. The summed E-state index contributed by atoms with van der Waals surface area (Å²) in [5.41, 5.74) is 6.69. The monoisotopic (exact) mass is 541 g/mol. The minimum Gasteiger partial charge on any atom is -0.478 e. The molecule has 0 unspecified atom stereocenters. The van der Waals surface area contributed by atoms with Crippen LogP contribution in [0.5, 0.6) is 0 Å². The van der Waals surface area contributed by atoms with Gasteiger partial charge in [-0.2, -0.15) is 13.2 Å². The Kier molecular flexibility index (Phi) is 7.89. The van der Waals surface area contributed by atoms with Crippen LogP contribution >= 0.6 is 0 Å². The number of carboxylic acid groups (broad SMARTS) is 2. The largest absolute Gasteiger partial charge is 0.490 e. The molecule has 8 nitrogen and oxygen atoms in total. The Bertz CT molecular complexity index is 1490. The molecule has 3 N–H and O–H groups in total. The molecule has 1 amide bonds. The topological polar surface area (TPSA) is 124 Å². The predicted molar refractivity (Wildman–Crippen MR) is 138 cm³/mol. The summed E-state index contributed by atoms with van der Waals surface area (Å²) < 4.78 is 31.7. The lowest BCUT2D eigenvalue weighted by Crippen LogP contribution is -2.27. The maximum Gasteiger partial charge on any atom is 0.490 e. The minimum absolute atomic E-state index is 0.196. The molecule has 5 rings (SSSR count). The van der Waals surface area contributed by atoms with Crippen LogP contribution in [0.1, 0.15) is 47.4 Å². The van der Waals surface area contributed by atoms with E-state index in [4.69, 9.17) is 9.90 Å². The van der Waals surface area contributed by atoms with Crippen LogP contribution in [0.2, 0.25) is 0 Å². The zero-order valence-electron chi connectivity index (χ0n) is 21.0. The summed E-state index contributed by atoms with van der Waals surface area (Å²) >= 11 is 0. The SMILES string of the molecule is Cc1nc2c(C(=O)O)cc(-c3ccc(C4=CCCC=C4CN4CCCC4=O)cc3)cc2[nH]1.O=C(O)C(F)(F)F. The first-order valence-electron chi connectivity index (χ1n) is 12.3. The maximum absolute atomic E-state index is 12.1. The van der Waals surface area contributed by atoms with Gasteiger partial charge in [-0.3, -0.25) is 4.79 Å². The summed E-state index contributed by atoms with van der Waals surface area (Å²) in [5, 5.41) is 16.8. The number of benzene rings is 2. The van der Waals surface area contributed by atoms with E-state index in [9.17, 15) is 27.9 Å². The number of aromatic amines is 1. The molecule has 11 heteroatoms. The molecular weight excluding hydrogens is 515 g/mol. The molecule has 1 fully saturated rings. The number of aliphatic carboxylic acids is 1. The first kappa shape index (κ1) is 27.6. The average Bonchev–Trinajstić information content (AvgIpc) is 3.47. The Hall–Kier alpha value is -4.41. The number of alkyl halides is 3. The van der Waals surface area contributed by atoms with Gasteiger partial charge in [0.1, 0.15) is 11.3 Å². The van der Waals surface area contributed by atoms with Crippen molar-refractivity contribution in [1.82, 2.24) is 14.9 Å². The van der Waals surface area contributed by atoms with Gasteiger partial charge < -0.3 is 20.1 Å². The maximum atomic E-state index is 12.1. The van der Waals surface area contributed by atoms with Crippen molar-refractivity contribution in [3.8, 4) is 11.1 Å². The van der Waals surface area contributed by atoms with E-state index in [0.717, 1.165) is 48.0 Å². The van der Waals surface area contributed by atoms with Crippen LogP contribution in [0.3, 0.4) is 0 Å². The van der Waals surface area contributed by atoms with Gasteiger partial charge in [0.15, 0.2) is 0 Å². The Balaban J connectivity index is 0.000000448. The smallest absolute Gasteiger partial charge is 0.478 e. The third-order valence-corrected chi connectivity index (χ3v) is 6.49. The number of aryl methyl sites for hydroxylation is 1. The number of hydrogen-bond donors (Lipinski definition) is 3. The predicted octanol–water partition coefficient (Wildman–Crippen LogP) is 5.60. The van der Waals surface area contributed by atoms with Crippen LogP contribution in [-0.4, -0.2) is 62.2 Å². The standard InChI is InChI=1S/C26H25N3O3.C2HF3O2/c1-16-27-23-14-20(13-22(26(31)32)25(23)28-16)17-8-10-18(11-9-17)21-6-3-2-5-19(21)15-29-12-4-7-24(29)30;3-2(4,5)1(6)7/h5-6,8-11,13-14H,2-4,7,12,15H2,1H3,(H,27,28)(H,31,32);(H,6,7). The zero-order chi connectivity index (χ0) is 28.3. The van der Waals surface area contributed by atoms with E-state index in [-0.39, 0.29) is 11.5 Å². The fourth-order valence-electron chi connectivity index (χ4n) is 4.67. The highest BCUT2D eigenvalue weighted by molar-refractivity contribution is 6.03. The Morgan fingerprint density at radius 3 is 2.26 bits per heavy atom. The van der Waals surface area contributed by atoms with Crippen LogP contribution in [0.25, 0.3) is 27.7 Å². The number of fused-ring (bicyclic) bond motifs is 1. The molecule has 39 heavy (non-hydrogen) atoms. The number of nitrogens with one attached hydrogen (secondary N) is 1. The van der Waals surface area contributed by atoms with Crippen molar-refractivity contribution >= 4 is 34.5 Å². The number of rotatable bonds is 5. The van der Waals surface area contributed by atoms with Crippen molar-refractivity contribution in [3.63, 3.8) is 0 Å². The molecule has 1 aromatic heterocycles. The van der Waals surface area contributed by atoms with E-state index >= 15 is 0 Å². The first-order chi connectivity index (χ1) is 18.4. The molecule has 2 aliphatic rings. The summed E-state index contributed by atoms with van der Waals surface area (Å²) in [7, 11) is 0.